The molecule has 6 heteroatoms. The highest BCUT2D eigenvalue weighted by Crippen LogP contribution is 2.39. The van der Waals surface area contributed by atoms with E-state index in [1.54, 1.807) is 16.2 Å². The maximum absolute atomic E-state index is 13.0. The summed E-state index contributed by atoms with van der Waals surface area (Å²) in [5, 5.41) is 2.44. The summed E-state index contributed by atoms with van der Waals surface area (Å²) >= 11 is 1.57. The van der Waals surface area contributed by atoms with Crippen LogP contribution in [0.25, 0.3) is 21.0 Å². The molecule has 0 unspecified atom stereocenters. The monoisotopic (exact) mass is 433 g/mol. The molecule has 31 heavy (non-hydrogen) atoms. The third kappa shape index (κ3) is 3.65. The van der Waals surface area contributed by atoms with Gasteiger partial charge in [0.15, 0.2) is 0 Å². The second kappa shape index (κ2) is 8.11. The zero-order valence-corrected chi connectivity index (χ0v) is 19.0. The van der Waals surface area contributed by atoms with Gasteiger partial charge in [-0.2, -0.15) is 0 Å². The van der Waals surface area contributed by atoms with Gasteiger partial charge in [-0.25, -0.2) is 0 Å². The van der Waals surface area contributed by atoms with E-state index in [1.807, 2.05) is 26.2 Å². The van der Waals surface area contributed by atoms with Crippen LogP contribution >= 0.6 is 11.3 Å². The Labute approximate surface area is 186 Å². The average Bonchev–Trinajstić information content (AvgIpc) is 3.32. The Morgan fingerprint density at radius 2 is 1.87 bits per heavy atom. The van der Waals surface area contributed by atoms with Gasteiger partial charge in [0.05, 0.1) is 17.6 Å². The van der Waals surface area contributed by atoms with Crippen LogP contribution < -0.4 is 0 Å². The number of ether oxygens (including phenoxy) is 1. The second-order valence-electron chi connectivity index (χ2n) is 8.42. The summed E-state index contributed by atoms with van der Waals surface area (Å²) in [7, 11) is 5.72. The molecule has 2 aromatic carbocycles. The number of rotatable bonds is 4. The van der Waals surface area contributed by atoms with Gasteiger partial charge in [-0.05, 0) is 23.1 Å². The number of nitrogens with zero attached hydrogens (tertiary/aromatic N) is 3. The molecule has 1 amide bonds. The first-order valence-electron chi connectivity index (χ1n) is 10.6. The standard InChI is InChI=1S/C25H27N3O2S/c1-26(2)25(29)24-23(19-9-5-7-11-22(19)31-24)21-16-28(12-13-30-21)15-17-14-27(3)20-10-6-4-8-18(17)20/h4-11,14,21H,12-13,15-16H2,1-3H3/t21-/m0/s1. The van der Waals surface area contributed by atoms with Crippen LogP contribution in [-0.2, 0) is 18.3 Å². The van der Waals surface area contributed by atoms with Gasteiger partial charge in [-0.1, -0.05) is 36.4 Å². The smallest absolute Gasteiger partial charge is 0.263 e. The Morgan fingerprint density at radius 3 is 2.68 bits per heavy atom. The molecule has 1 aliphatic heterocycles. The molecule has 160 valence electrons. The number of para-hydroxylation sites is 1. The van der Waals surface area contributed by atoms with Crippen molar-refractivity contribution in [2.75, 3.05) is 33.8 Å². The lowest BCUT2D eigenvalue weighted by atomic mass is 10.0. The van der Waals surface area contributed by atoms with Crippen molar-refractivity contribution in [1.82, 2.24) is 14.4 Å². The zero-order chi connectivity index (χ0) is 21.5. The van der Waals surface area contributed by atoms with E-state index in [9.17, 15) is 4.79 Å². The van der Waals surface area contributed by atoms with Gasteiger partial charge in [0, 0.05) is 68.1 Å². The fourth-order valence-electron chi connectivity index (χ4n) is 4.56. The number of hydrogen-bond donors (Lipinski definition) is 0. The van der Waals surface area contributed by atoms with Crippen LogP contribution in [0.15, 0.2) is 54.7 Å². The van der Waals surface area contributed by atoms with E-state index in [2.05, 4.69) is 59.1 Å². The first-order valence-corrected chi connectivity index (χ1v) is 11.4. The number of benzene rings is 2. The van der Waals surface area contributed by atoms with Crippen molar-refractivity contribution in [1.29, 1.82) is 0 Å². The number of hydrogen-bond acceptors (Lipinski definition) is 4. The van der Waals surface area contributed by atoms with Crippen LogP contribution in [0.4, 0.5) is 0 Å². The molecule has 5 rings (SSSR count). The van der Waals surface area contributed by atoms with Gasteiger partial charge >= 0.3 is 0 Å². The third-order valence-corrected chi connectivity index (χ3v) is 7.25. The van der Waals surface area contributed by atoms with Gasteiger partial charge in [0.2, 0.25) is 0 Å². The molecule has 4 aromatic rings. The number of thiophene rings is 1. The molecule has 1 saturated heterocycles. The van der Waals surface area contributed by atoms with Crippen molar-refractivity contribution in [2.45, 2.75) is 12.6 Å². The quantitative estimate of drug-likeness (QED) is 0.469. The van der Waals surface area contributed by atoms with Gasteiger partial charge in [-0.3, -0.25) is 9.69 Å². The number of aryl methyl sites for hydroxylation is 1. The van der Waals surface area contributed by atoms with Crippen LogP contribution in [0.3, 0.4) is 0 Å². The van der Waals surface area contributed by atoms with Crippen LogP contribution in [-0.4, -0.2) is 54.1 Å². The van der Waals surface area contributed by atoms with Crippen LogP contribution in [0.1, 0.15) is 26.9 Å². The maximum atomic E-state index is 13.0. The minimum Gasteiger partial charge on any atom is -0.371 e. The molecule has 1 atom stereocenters. The Morgan fingerprint density at radius 1 is 1.13 bits per heavy atom. The number of morpholine rings is 1. The third-order valence-electron chi connectivity index (χ3n) is 6.08. The number of carbonyl (C=O) groups excluding carboxylic acids is 1. The van der Waals surface area contributed by atoms with E-state index in [1.165, 1.54) is 16.5 Å². The van der Waals surface area contributed by atoms with Crippen molar-refractivity contribution in [3.63, 3.8) is 0 Å². The topological polar surface area (TPSA) is 37.7 Å². The van der Waals surface area contributed by atoms with Gasteiger partial charge in [0.1, 0.15) is 0 Å². The summed E-state index contributed by atoms with van der Waals surface area (Å²) < 4.78 is 9.58. The number of aromatic nitrogens is 1. The van der Waals surface area contributed by atoms with Crippen molar-refractivity contribution in [2.24, 2.45) is 7.05 Å². The minimum absolute atomic E-state index is 0.0472. The molecule has 5 nitrogen and oxygen atoms in total. The number of amides is 1. The molecular weight excluding hydrogens is 406 g/mol. The second-order valence-corrected chi connectivity index (χ2v) is 9.47. The highest BCUT2D eigenvalue weighted by atomic mass is 32.1. The van der Waals surface area contributed by atoms with Gasteiger partial charge in [0.25, 0.3) is 5.91 Å². The van der Waals surface area contributed by atoms with E-state index >= 15 is 0 Å². The summed E-state index contributed by atoms with van der Waals surface area (Å²) in [6.45, 7) is 3.20. The number of fused-ring (bicyclic) bond motifs is 2. The van der Waals surface area contributed by atoms with Crippen molar-refractivity contribution >= 4 is 38.2 Å². The maximum Gasteiger partial charge on any atom is 0.263 e. The van der Waals surface area contributed by atoms with E-state index in [0.29, 0.717) is 6.61 Å². The molecule has 1 fully saturated rings. The summed E-state index contributed by atoms with van der Waals surface area (Å²) in [5.74, 6) is 0.0472. The predicted molar refractivity (Wildman–Crippen MR) is 127 cm³/mol. The van der Waals surface area contributed by atoms with Crippen molar-refractivity contribution in [3.05, 3.63) is 70.7 Å². The Hall–Kier alpha value is -2.67. The molecule has 0 bridgehead atoms. The molecule has 2 aromatic heterocycles. The molecule has 0 saturated carbocycles. The minimum atomic E-state index is -0.112. The first kappa shape index (κ1) is 20.2. The van der Waals surface area contributed by atoms with Crippen molar-refractivity contribution < 1.29 is 9.53 Å². The predicted octanol–water partition coefficient (Wildman–Crippen LogP) is 4.67. The molecule has 0 aliphatic carbocycles. The summed E-state index contributed by atoms with van der Waals surface area (Å²) in [6.07, 6.45) is 2.12. The normalized spacial score (nSPS) is 17.5. The zero-order valence-electron chi connectivity index (χ0n) is 18.2. The fourth-order valence-corrected chi connectivity index (χ4v) is 5.84. The Balaban J connectivity index is 1.47. The van der Waals surface area contributed by atoms with Crippen LogP contribution in [0.5, 0.6) is 0 Å². The molecule has 3 heterocycles. The molecule has 0 radical (unpaired) electrons. The van der Waals surface area contributed by atoms with Crippen LogP contribution in [0.2, 0.25) is 0 Å². The van der Waals surface area contributed by atoms with E-state index < -0.39 is 0 Å². The average molecular weight is 434 g/mol. The lowest BCUT2D eigenvalue weighted by molar-refractivity contribution is -0.0322. The van der Waals surface area contributed by atoms with E-state index in [-0.39, 0.29) is 12.0 Å². The first-order chi connectivity index (χ1) is 15.0. The largest absolute Gasteiger partial charge is 0.371 e. The lowest BCUT2D eigenvalue weighted by Crippen LogP contribution is -2.38. The Kier molecular flexibility index (Phi) is 5.30. The highest BCUT2D eigenvalue weighted by Gasteiger charge is 2.30. The lowest BCUT2D eigenvalue weighted by Gasteiger charge is -2.33. The fraction of sp³-hybridized carbons (Fsp3) is 0.320. The molecule has 1 aliphatic rings. The summed E-state index contributed by atoms with van der Waals surface area (Å²) in [5.41, 5.74) is 3.63. The van der Waals surface area contributed by atoms with E-state index in [0.717, 1.165) is 40.2 Å². The van der Waals surface area contributed by atoms with Crippen LogP contribution in [0, 0.1) is 0 Å². The number of carbonyl (C=O) groups is 1. The molecule has 0 spiro atoms. The Bertz CT molecular complexity index is 1260. The summed E-state index contributed by atoms with van der Waals surface area (Å²) in [4.78, 5) is 17.9. The SMILES string of the molecule is CN(C)C(=O)c1sc2ccccc2c1[C@@H]1CN(Cc2cn(C)c3ccccc23)CCO1. The highest BCUT2D eigenvalue weighted by molar-refractivity contribution is 7.21. The van der Waals surface area contributed by atoms with Crippen molar-refractivity contribution in [3.8, 4) is 0 Å². The molecular formula is C25H27N3O2S. The van der Waals surface area contributed by atoms with E-state index in [4.69, 9.17) is 4.74 Å². The summed E-state index contributed by atoms with van der Waals surface area (Å²) in [6, 6.07) is 16.8. The molecule has 0 N–H and O–H groups in total. The van der Waals surface area contributed by atoms with Gasteiger partial charge in [-0.15, -0.1) is 11.3 Å². The van der Waals surface area contributed by atoms with Gasteiger partial charge < -0.3 is 14.2 Å².